The molecular weight excluding hydrogens is 553 g/mol. The van der Waals surface area contributed by atoms with Crippen molar-refractivity contribution in [1.29, 1.82) is 0 Å². The number of fused-ring (bicyclic) bond motifs is 1. The van der Waals surface area contributed by atoms with Gasteiger partial charge >= 0.3 is 12.1 Å². The second-order valence-corrected chi connectivity index (χ2v) is 12.5. The van der Waals surface area contributed by atoms with Crippen molar-refractivity contribution in [2.24, 2.45) is 5.41 Å². The lowest BCUT2D eigenvalue weighted by Crippen LogP contribution is -2.60. The van der Waals surface area contributed by atoms with Crippen LogP contribution in [0.2, 0.25) is 5.02 Å². The average Bonchev–Trinajstić information content (AvgIpc) is 3.40. The zero-order chi connectivity index (χ0) is 25.8. The van der Waals surface area contributed by atoms with Gasteiger partial charge in [-0.2, -0.15) is 9.97 Å². The molecule has 0 unspecified atom stereocenters. The van der Waals surface area contributed by atoms with Crippen LogP contribution in [-0.2, 0) is 4.74 Å². The summed E-state index contributed by atoms with van der Waals surface area (Å²) in [6.45, 7) is 9.76. The molecule has 196 valence electrons. The Bertz CT molecular complexity index is 1190. The van der Waals surface area contributed by atoms with E-state index in [2.05, 4.69) is 37.8 Å². The monoisotopic (exact) mass is 583 g/mol. The molecule has 3 aliphatic rings. The van der Waals surface area contributed by atoms with Crippen LogP contribution in [0.1, 0.15) is 40.0 Å². The second kappa shape index (κ2) is 9.44. The van der Waals surface area contributed by atoms with Crippen LogP contribution < -0.4 is 9.64 Å². The van der Waals surface area contributed by atoms with E-state index in [0.717, 1.165) is 32.4 Å². The largest absolute Gasteiger partial charge is 0.462 e. The summed E-state index contributed by atoms with van der Waals surface area (Å²) in [4.78, 5) is 27.7. The molecule has 36 heavy (non-hydrogen) atoms. The quantitative estimate of drug-likeness (QED) is 0.463. The first-order valence-corrected chi connectivity index (χ1v) is 13.5. The number of hydrogen-bond donors (Lipinski definition) is 0. The Hall–Kier alpha value is -1.91. The topological polar surface area (TPSA) is 71.0 Å². The smallest absolute Gasteiger partial charge is 0.410 e. The summed E-state index contributed by atoms with van der Waals surface area (Å²) in [5, 5.41) is 0.811. The summed E-state index contributed by atoms with van der Waals surface area (Å²) in [5.41, 5.74) is -0.390. The van der Waals surface area contributed by atoms with E-state index < -0.39 is 11.4 Å². The lowest BCUT2D eigenvalue weighted by molar-refractivity contribution is -0.0266. The number of carbonyl (C=O) groups is 1. The van der Waals surface area contributed by atoms with E-state index >= 15 is 4.39 Å². The Morgan fingerprint density at radius 2 is 2.03 bits per heavy atom. The molecule has 3 saturated heterocycles. The van der Waals surface area contributed by atoms with Crippen LogP contribution >= 0.6 is 27.5 Å². The zero-order valence-corrected chi connectivity index (χ0v) is 23.5. The SMILES string of the molecule is CN1CCC[C@H]1COc1nc(N2CCC3(CN(C(=O)OC(C)(C)C)C3)C2)c2cc(Cl)c(Br)c(F)c2n1. The number of halogens is 3. The van der Waals surface area contributed by atoms with Crippen LogP contribution in [-0.4, -0.2) is 83.9 Å². The molecule has 3 fully saturated rings. The van der Waals surface area contributed by atoms with Crippen LogP contribution in [0.25, 0.3) is 10.9 Å². The van der Waals surface area contributed by atoms with E-state index in [1.807, 2.05) is 20.8 Å². The minimum absolute atomic E-state index is 0.0422. The molecule has 3 aliphatic heterocycles. The molecule has 1 atom stereocenters. The van der Waals surface area contributed by atoms with Gasteiger partial charge in [0.2, 0.25) is 0 Å². The number of hydrogen-bond acceptors (Lipinski definition) is 7. The van der Waals surface area contributed by atoms with Gasteiger partial charge in [0.05, 0.1) is 9.50 Å². The van der Waals surface area contributed by atoms with E-state index in [0.29, 0.717) is 43.5 Å². The molecule has 1 aromatic heterocycles. The van der Waals surface area contributed by atoms with Gasteiger partial charge in [-0.25, -0.2) is 9.18 Å². The minimum Gasteiger partial charge on any atom is -0.462 e. The number of likely N-dealkylation sites (tertiary alicyclic amines) is 2. The van der Waals surface area contributed by atoms with Gasteiger partial charge in [-0.15, -0.1) is 0 Å². The lowest BCUT2D eigenvalue weighted by Gasteiger charge is -2.47. The van der Waals surface area contributed by atoms with E-state index in [9.17, 15) is 4.79 Å². The molecule has 5 rings (SSSR count). The van der Waals surface area contributed by atoms with Gasteiger partial charge in [-0.05, 0) is 75.6 Å². The Morgan fingerprint density at radius 3 is 2.69 bits per heavy atom. The van der Waals surface area contributed by atoms with Crippen molar-refractivity contribution in [3.63, 3.8) is 0 Å². The molecule has 2 aromatic rings. The molecule has 1 amide bonds. The first-order chi connectivity index (χ1) is 16.9. The van der Waals surface area contributed by atoms with Gasteiger partial charge in [0.1, 0.15) is 23.5 Å². The summed E-state index contributed by atoms with van der Waals surface area (Å²) in [6, 6.07) is 2.15. The summed E-state index contributed by atoms with van der Waals surface area (Å²) in [6.07, 6.45) is 2.79. The summed E-state index contributed by atoms with van der Waals surface area (Å²) in [7, 11) is 2.08. The molecule has 1 aromatic carbocycles. The van der Waals surface area contributed by atoms with Gasteiger partial charge in [0.25, 0.3) is 0 Å². The van der Waals surface area contributed by atoms with Gasteiger partial charge < -0.3 is 24.2 Å². The third-order valence-electron chi connectivity index (χ3n) is 7.30. The second-order valence-electron chi connectivity index (χ2n) is 11.3. The number of ether oxygens (including phenoxy) is 2. The third-order valence-corrected chi connectivity index (χ3v) is 8.61. The van der Waals surface area contributed by atoms with Crippen LogP contribution in [0.15, 0.2) is 10.5 Å². The predicted molar refractivity (Wildman–Crippen MR) is 140 cm³/mol. The van der Waals surface area contributed by atoms with Crippen molar-refractivity contribution in [1.82, 2.24) is 19.8 Å². The Balaban J connectivity index is 1.39. The maximum Gasteiger partial charge on any atom is 0.410 e. The molecule has 1 spiro atoms. The van der Waals surface area contributed by atoms with Crippen molar-refractivity contribution >= 4 is 50.3 Å². The number of rotatable bonds is 4. The van der Waals surface area contributed by atoms with Gasteiger partial charge in [0.15, 0.2) is 5.82 Å². The Morgan fingerprint density at radius 1 is 1.28 bits per heavy atom. The minimum atomic E-state index is -0.530. The summed E-state index contributed by atoms with van der Waals surface area (Å²) >= 11 is 9.56. The fraction of sp³-hybridized carbons (Fsp3) is 0.640. The molecule has 0 aliphatic carbocycles. The fourth-order valence-electron chi connectivity index (χ4n) is 5.40. The van der Waals surface area contributed by atoms with E-state index in [1.54, 1.807) is 11.0 Å². The Kier molecular flexibility index (Phi) is 6.74. The Labute approximate surface area is 224 Å². The first-order valence-electron chi connectivity index (χ1n) is 12.4. The van der Waals surface area contributed by atoms with Gasteiger partial charge in [-0.1, -0.05) is 11.6 Å². The molecule has 0 radical (unpaired) electrons. The number of likely N-dealkylation sites (N-methyl/N-ethyl adjacent to an activating group) is 1. The predicted octanol–water partition coefficient (Wildman–Crippen LogP) is 5.11. The van der Waals surface area contributed by atoms with E-state index in [1.165, 1.54) is 0 Å². The van der Waals surface area contributed by atoms with Gasteiger partial charge in [0, 0.05) is 43.0 Å². The zero-order valence-electron chi connectivity index (χ0n) is 21.1. The number of amides is 1. The molecular formula is C25H32BrClFN5O3. The van der Waals surface area contributed by atoms with Crippen LogP contribution in [0.5, 0.6) is 6.01 Å². The molecule has 0 saturated carbocycles. The summed E-state index contributed by atoms with van der Waals surface area (Å²) in [5.74, 6) is 0.0771. The van der Waals surface area contributed by atoms with Crippen molar-refractivity contribution in [3.05, 3.63) is 21.4 Å². The van der Waals surface area contributed by atoms with E-state index in [-0.39, 0.29) is 32.5 Å². The van der Waals surface area contributed by atoms with Gasteiger partial charge in [-0.3, -0.25) is 0 Å². The van der Waals surface area contributed by atoms with Crippen molar-refractivity contribution in [3.8, 4) is 6.01 Å². The molecule has 0 N–H and O–H groups in total. The number of anilines is 1. The molecule has 8 nitrogen and oxygen atoms in total. The van der Waals surface area contributed by atoms with Crippen LogP contribution in [0.3, 0.4) is 0 Å². The highest BCUT2D eigenvalue weighted by Crippen LogP contribution is 2.44. The number of nitrogens with zero attached hydrogens (tertiary/aromatic N) is 5. The van der Waals surface area contributed by atoms with Crippen LogP contribution in [0.4, 0.5) is 15.0 Å². The number of aromatic nitrogens is 2. The highest BCUT2D eigenvalue weighted by molar-refractivity contribution is 9.10. The number of benzene rings is 1. The normalized spacial score (nSPS) is 21.9. The lowest BCUT2D eigenvalue weighted by atomic mass is 9.79. The maximum atomic E-state index is 15.3. The molecule has 0 bridgehead atoms. The highest BCUT2D eigenvalue weighted by atomic mass is 79.9. The van der Waals surface area contributed by atoms with Crippen molar-refractivity contribution in [2.45, 2.75) is 51.7 Å². The van der Waals surface area contributed by atoms with Crippen LogP contribution in [0, 0.1) is 11.2 Å². The number of carbonyl (C=O) groups excluding carboxylic acids is 1. The highest BCUT2D eigenvalue weighted by Gasteiger charge is 2.50. The van der Waals surface area contributed by atoms with Crippen molar-refractivity contribution < 1.29 is 18.7 Å². The van der Waals surface area contributed by atoms with E-state index in [4.69, 9.17) is 26.1 Å². The third kappa shape index (κ3) is 4.96. The fourth-order valence-corrected chi connectivity index (χ4v) is 5.89. The average molecular weight is 585 g/mol. The maximum absolute atomic E-state index is 15.3. The standard InChI is InChI=1S/C25H32BrClFN5O3/c1-24(2,3)36-23(34)33-13-25(14-33)7-9-32(12-25)21-16-10-17(27)18(26)19(28)20(16)29-22(30-21)35-11-15-6-5-8-31(15)4/h10,15H,5-9,11-14H2,1-4H3/t15-/m0/s1. The molecule has 11 heteroatoms. The van der Waals surface area contributed by atoms with Crippen molar-refractivity contribution in [2.75, 3.05) is 51.3 Å². The first kappa shape index (κ1) is 25.7. The summed E-state index contributed by atoms with van der Waals surface area (Å²) < 4.78 is 26.9. The molecule has 4 heterocycles.